The van der Waals surface area contributed by atoms with Gasteiger partial charge >= 0.3 is 6.01 Å². The first kappa shape index (κ1) is 8.74. The number of nitrogens with zero attached hydrogens (tertiary/aromatic N) is 2. The summed E-state index contributed by atoms with van der Waals surface area (Å²) < 4.78 is 9.46. The van der Waals surface area contributed by atoms with Crippen LogP contribution in [0.15, 0.2) is 0 Å². The molecule has 5 heteroatoms. The van der Waals surface area contributed by atoms with Gasteiger partial charge in [-0.15, -0.1) is 4.37 Å². The van der Waals surface area contributed by atoms with Gasteiger partial charge in [0, 0.05) is 11.5 Å². The SMILES string of the molecule is CCCCOc1nsc(Cl)n1. The molecule has 0 unspecified atom stereocenters. The van der Waals surface area contributed by atoms with Crippen molar-refractivity contribution >= 4 is 23.1 Å². The number of aromatic nitrogens is 2. The van der Waals surface area contributed by atoms with Crippen molar-refractivity contribution in [2.75, 3.05) is 6.61 Å². The lowest BCUT2D eigenvalue weighted by Gasteiger charge is -1.96. The first-order chi connectivity index (χ1) is 5.33. The Labute approximate surface area is 74.5 Å². The average molecular weight is 193 g/mol. The van der Waals surface area contributed by atoms with E-state index in [4.69, 9.17) is 16.3 Å². The molecule has 0 N–H and O–H groups in total. The minimum atomic E-state index is 0.397. The molecule has 0 amide bonds. The molecule has 1 rings (SSSR count). The second-order valence-corrected chi connectivity index (χ2v) is 3.37. The molecule has 0 spiro atoms. The van der Waals surface area contributed by atoms with E-state index in [1.54, 1.807) is 0 Å². The minimum absolute atomic E-state index is 0.397. The lowest BCUT2D eigenvalue weighted by atomic mass is 10.4. The van der Waals surface area contributed by atoms with Crippen LogP contribution in [0.25, 0.3) is 0 Å². The molecule has 0 fully saturated rings. The van der Waals surface area contributed by atoms with Gasteiger partial charge in [0.1, 0.15) is 0 Å². The van der Waals surface area contributed by atoms with Gasteiger partial charge in [0.15, 0.2) is 0 Å². The van der Waals surface area contributed by atoms with E-state index in [1.807, 2.05) is 0 Å². The van der Waals surface area contributed by atoms with Gasteiger partial charge in [-0.2, -0.15) is 4.98 Å². The number of ether oxygens (including phenoxy) is 1. The third kappa shape index (κ3) is 3.03. The topological polar surface area (TPSA) is 35.0 Å². The van der Waals surface area contributed by atoms with Crippen LogP contribution in [0, 0.1) is 0 Å². The number of halogens is 1. The van der Waals surface area contributed by atoms with E-state index in [1.165, 1.54) is 0 Å². The third-order valence-electron chi connectivity index (χ3n) is 1.11. The highest BCUT2D eigenvalue weighted by Gasteiger charge is 2.00. The fourth-order valence-corrected chi connectivity index (χ4v) is 1.10. The van der Waals surface area contributed by atoms with Gasteiger partial charge in [0.05, 0.1) is 6.61 Å². The zero-order chi connectivity index (χ0) is 8.10. The molecule has 0 aliphatic carbocycles. The van der Waals surface area contributed by atoms with Crippen LogP contribution in [0.4, 0.5) is 0 Å². The fourth-order valence-electron chi connectivity index (χ4n) is 0.559. The largest absolute Gasteiger partial charge is 0.463 e. The number of hydrogen-bond donors (Lipinski definition) is 0. The zero-order valence-corrected chi connectivity index (χ0v) is 7.78. The summed E-state index contributed by atoms with van der Waals surface area (Å²) in [4.78, 5) is 3.83. The summed E-state index contributed by atoms with van der Waals surface area (Å²) in [5.41, 5.74) is 0. The van der Waals surface area contributed by atoms with Crippen molar-refractivity contribution in [2.24, 2.45) is 0 Å². The third-order valence-corrected chi connectivity index (χ3v) is 1.89. The Bertz CT molecular complexity index is 216. The van der Waals surface area contributed by atoms with E-state index in [2.05, 4.69) is 16.3 Å². The minimum Gasteiger partial charge on any atom is -0.463 e. The highest BCUT2D eigenvalue weighted by molar-refractivity contribution is 7.10. The Kier molecular flexibility index (Phi) is 3.59. The predicted octanol–water partition coefficient (Wildman–Crippen LogP) is 2.37. The number of rotatable bonds is 4. The molecule has 0 radical (unpaired) electrons. The monoisotopic (exact) mass is 192 g/mol. The lowest BCUT2D eigenvalue weighted by molar-refractivity contribution is 0.289. The van der Waals surface area contributed by atoms with Crippen LogP contribution < -0.4 is 4.74 Å². The number of unbranched alkanes of at least 4 members (excludes halogenated alkanes) is 1. The summed E-state index contributed by atoms with van der Waals surface area (Å²) in [6.45, 7) is 2.77. The molecule has 0 aromatic carbocycles. The van der Waals surface area contributed by atoms with E-state index >= 15 is 0 Å². The van der Waals surface area contributed by atoms with Crippen molar-refractivity contribution < 1.29 is 4.74 Å². The molecule has 0 saturated carbocycles. The van der Waals surface area contributed by atoms with Crippen molar-refractivity contribution in [1.29, 1.82) is 0 Å². The van der Waals surface area contributed by atoms with Gasteiger partial charge in [0.25, 0.3) is 0 Å². The highest BCUT2D eigenvalue weighted by atomic mass is 35.5. The normalized spacial score (nSPS) is 10.0. The van der Waals surface area contributed by atoms with Crippen molar-refractivity contribution in [3.63, 3.8) is 0 Å². The molecule has 1 heterocycles. The first-order valence-electron chi connectivity index (χ1n) is 3.45. The molecule has 0 bridgehead atoms. The zero-order valence-electron chi connectivity index (χ0n) is 6.21. The number of hydrogen-bond acceptors (Lipinski definition) is 4. The molecule has 0 aliphatic heterocycles. The van der Waals surface area contributed by atoms with E-state index in [0.29, 0.717) is 17.1 Å². The van der Waals surface area contributed by atoms with Crippen LogP contribution >= 0.6 is 23.1 Å². The lowest BCUT2D eigenvalue weighted by Crippen LogP contribution is -1.97. The Balaban J connectivity index is 2.27. The van der Waals surface area contributed by atoms with Crippen LogP contribution in [-0.4, -0.2) is 16.0 Å². The van der Waals surface area contributed by atoms with E-state index < -0.39 is 0 Å². The summed E-state index contributed by atoms with van der Waals surface area (Å²) >= 11 is 6.68. The van der Waals surface area contributed by atoms with E-state index in [-0.39, 0.29) is 0 Å². The maximum Gasteiger partial charge on any atom is 0.329 e. The summed E-state index contributed by atoms with van der Waals surface area (Å²) in [5, 5.41) is 0. The Morgan fingerprint density at radius 1 is 1.64 bits per heavy atom. The predicted molar refractivity (Wildman–Crippen MR) is 45.3 cm³/mol. The fraction of sp³-hybridized carbons (Fsp3) is 0.667. The molecule has 0 aliphatic rings. The van der Waals surface area contributed by atoms with Crippen LogP contribution in [0.5, 0.6) is 6.01 Å². The molecular formula is C6H9ClN2OS. The van der Waals surface area contributed by atoms with Crippen LogP contribution in [0.2, 0.25) is 4.47 Å². The van der Waals surface area contributed by atoms with Gasteiger partial charge < -0.3 is 4.74 Å². The molecule has 3 nitrogen and oxygen atoms in total. The Hall–Kier alpha value is -0.350. The van der Waals surface area contributed by atoms with Crippen molar-refractivity contribution in [3.8, 4) is 6.01 Å². The maximum atomic E-state index is 5.54. The van der Waals surface area contributed by atoms with Crippen LogP contribution in [0.1, 0.15) is 19.8 Å². The summed E-state index contributed by atoms with van der Waals surface area (Å²) in [5.74, 6) is 0. The summed E-state index contributed by atoms with van der Waals surface area (Å²) in [7, 11) is 0. The Morgan fingerprint density at radius 2 is 2.45 bits per heavy atom. The van der Waals surface area contributed by atoms with Gasteiger partial charge in [-0.05, 0) is 18.0 Å². The van der Waals surface area contributed by atoms with E-state index in [0.717, 1.165) is 24.4 Å². The average Bonchev–Trinajstić information content (AvgIpc) is 2.37. The van der Waals surface area contributed by atoms with Crippen LogP contribution in [-0.2, 0) is 0 Å². The van der Waals surface area contributed by atoms with Crippen molar-refractivity contribution in [3.05, 3.63) is 4.47 Å². The molecule has 0 saturated heterocycles. The quantitative estimate of drug-likeness (QED) is 0.688. The van der Waals surface area contributed by atoms with Crippen LogP contribution in [0.3, 0.4) is 0 Å². The van der Waals surface area contributed by atoms with Gasteiger partial charge in [0.2, 0.25) is 4.47 Å². The standard InChI is InChI=1S/C6H9ClN2OS/c1-2-3-4-10-6-8-5(7)11-9-6/h2-4H2,1H3. The molecule has 11 heavy (non-hydrogen) atoms. The van der Waals surface area contributed by atoms with Crippen molar-refractivity contribution in [1.82, 2.24) is 9.36 Å². The van der Waals surface area contributed by atoms with E-state index in [9.17, 15) is 0 Å². The smallest absolute Gasteiger partial charge is 0.329 e. The van der Waals surface area contributed by atoms with Crippen molar-refractivity contribution in [2.45, 2.75) is 19.8 Å². The molecule has 1 aromatic heterocycles. The highest BCUT2D eigenvalue weighted by Crippen LogP contribution is 2.15. The van der Waals surface area contributed by atoms with Gasteiger partial charge in [-0.25, -0.2) is 0 Å². The Morgan fingerprint density at radius 3 is 3.00 bits per heavy atom. The molecule has 62 valence electrons. The second-order valence-electron chi connectivity index (χ2n) is 2.03. The maximum absolute atomic E-state index is 5.54. The van der Waals surface area contributed by atoms with Gasteiger partial charge in [-0.1, -0.05) is 13.3 Å². The first-order valence-corrected chi connectivity index (χ1v) is 4.60. The molecule has 1 aromatic rings. The molecule has 0 atom stereocenters. The summed E-state index contributed by atoms with van der Waals surface area (Å²) in [6.07, 6.45) is 2.13. The molecular weight excluding hydrogens is 184 g/mol. The van der Waals surface area contributed by atoms with Gasteiger partial charge in [-0.3, -0.25) is 0 Å². The summed E-state index contributed by atoms with van der Waals surface area (Å²) in [6, 6.07) is 0.397. The second kappa shape index (κ2) is 4.51.